The van der Waals surface area contributed by atoms with Crippen LogP contribution in [0.3, 0.4) is 0 Å². The van der Waals surface area contributed by atoms with Crippen molar-refractivity contribution in [2.45, 2.75) is 38.7 Å². The van der Waals surface area contributed by atoms with Crippen molar-refractivity contribution in [3.63, 3.8) is 0 Å². The van der Waals surface area contributed by atoms with Gasteiger partial charge in [-0.25, -0.2) is 9.18 Å². The lowest BCUT2D eigenvalue weighted by Crippen LogP contribution is -2.34. The summed E-state index contributed by atoms with van der Waals surface area (Å²) in [7, 11) is 0. The highest BCUT2D eigenvalue weighted by molar-refractivity contribution is 5.89. The minimum absolute atomic E-state index is 0.304. The molecule has 4 nitrogen and oxygen atoms in total. The van der Waals surface area contributed by atoms with Crippen LogP contribution in [0.15, 0.2) is 24.3 Å². The third kappa shape index (κ3) is 5.34. The van der Waals surface area contributed by atoms with E-state index in [-0.39, 0.29) is 11.8 Å². The number of urea groups is 1. The molecule has 0 unspecified atom stereocenters. The van der Waals surface area contributed by atoms with Gasteiger partial charge in [-0.1, -0.05) is 19.8 Å². The Morgan fingerprint density at radius 3 is 2.71 bits per heavy atom. The van der Waals surface area contributed by atoms with Crippen molar-refractivity contribution < 1.29 is 13.9 Å². The van der Waals surface area contributed by atoms with Gasteiger partial charge in [0.05, 0.1) is 12.7 Å². The second-order valence-corrected chi connectivity index (χ2v) is 5.56. The summed E-state index contributed by atoms with van der Waals surface area (Å²) < 4.78 is 18.6. The third-order valence-electron chi connectivity index (χ3n) is 3.85. The molecule has 2 rings (SSSR count). The molecule has 0 bridgehead atoms. The number of carbonyl (C=O) groups excluding carboxylic acids is 1. The van der Waals surface area contributed by atoms with Crippen LogP contribution in [-0.4, -0.2) is 25.3 Å². The van der Waals surface area contributed by atoms with Gasteiger partial charge in [-0.15, -0.1) is 0 Å². The monoisotopic (exact) mass is 294 g/mol. The smallest absolute Gasteiger partial charge is 0.319 e. The van der Waals surface area contributed by atoms with E-state index in [0.717, 1.165) is 6.42 Å². The molecule has 1 aromatic rings. The maximum Gasteiger partial charge on any atom is 0.319 e. The van der Waals surface area contributed by atoms with Crippen molar-refractivity contribution in [1.29, 1.82) is 0 Å². The lowest BCUT2D eigenvalue weighted by molar-refractivity contribution is -0.00232. The van der Waals surface area contributed by atoms with Gasteiger partial charge in [0.25, 0.3) is 0 Å². The molecule has 0 aliphatic heterocycles. The average Bonchev–Trinajstić information content (AvgIpc) is 2.48. The summed E-state index contributed by atoms with van der Waals surface area (Å²) in [5.74, 6) is 0.280. The van der Waals surface area contributed by atoms with Crippen molar-refractivity contribution in [2.24, 2.45) is 5.92 Å². The van der Waals surface area contributed by atoms with Gasteiger partial charge in [-0.05, 0) is 43.0 Å². The number of rotatable bonds is 5. The second-order valence-electron chi connectivity index (χ2n) is 5.56. The van der Waals surface area contributed by atoms with Crippen LogP contribution in [0.4, 0.5) is 14.9 Å². The molecule has 1 aliphatic carbocycles. The number of anilines is 1. The molecule has 2 amide bonds. The summed E-state index contributed by atoms with van der Waals surface area (Å²) in [6, 6.07) is 5.36. The van der Waals surface area contributed by atoms with E-state index in [0.29, 0.717) is 30.9 Å². The maximum atomic E-state index is 12.7. The van der Waals surface area contributed by atoms with Crippen LogP contribution < -0.4 is 10.6 Å². The molecule has 2 atom stereocenters. The lowest BCUT2D eigenvalue weighted by atomic mass is 9.88. The highest BCUT2D eigenvalue weighted by atomic mass is 19.1. The Hall–Kier alpha value is -1.62. The second kappa shape index (κ2) is 7.98. The highest BCUT2D eigenvalue weighted by Crippen LogP contribution is 2.25. The molecule has 2 N–H and O–H groups in total. The minimum Gasteiger partial charge on any atom is -0.376 e. The molecule has 0 spiro atoms. The quantitative estimate of drug-likeness (QED) is 0.816. The third-order valence-corrected chi connectivity index (χ3v) is 3.85. The molecule has 21 heavy (non-hydrogen) atoms. The maximum absolute atomic E-state index is 12.7. The number of benzene rings is 1. The molecule has 116 valence electrons. The van der Waals surface area contributed by atoms with E-state index in [1.165, 1.54) is 43.5 Å². The topological polar surface area (TPSA) is 50.4 Å². The molecule has 1 saturated carbocycles. The Balaban J connectivity index is 1.61. The van der Waals surface area contributed by atoms with Crippen LogP contribution in [-0.2, 0) is 4.74 Å². The van der Waals surface area contributed by atoms with Gasteiger partial charge in [0.1, 0.15) is 5.82 Å². The van der Waals surface area contributed by atoms with Crippen molar-refractivity contribution in [3.05, 3.63) is 30.1 Å². The van der Waals surface area contributed by atoms with E-state index < -0.39 is 0 Å². The van der Waals surface area contributed by atoms with Crippen LogP contribution in [0.2, 0.25) is 0 Å². The number of hydrogen-bond donors (Lipinski definition) is 2. The van der Waals surface area contributed by atoms with Crippen molar-refractivity contribution in [3.8, 4) is 0 Å². The van der Waals surface area contributed by atoms with Gasteiger partial charge in [0, 0.05) is 12.2 Å². The summed E-state index contributed by atoms with van der Waals surface area (Å²) in [6.45, 7) is 3.21. The first-order chi connectivity index (χ1) is 10.1. The zero-order valence-corrected chi connectivity index (χ0v) is 12.4. The molecule has 0 heterocycles. The summed E-state index contributed by atoms with van der Waals surface area (Å²) in [5, 5.41) is 5.38. The number of halogens is 1. The van der Waals surface area contributed by atoms with Gasteiger partial charge in [0.2, 0.25) is 0 Å². The van der Waals surface area contributed by atoms with Crippen LogP contribution >= 0.6 is 0 Å². The van der Waals surface area contributed by atoms with Crippen molar-refractivity contribution in [1.82, 2.24) is 5.32 Å². The Kier molecular flexibility index (Phi) is 5.99. The van der Waals surface area contributed by atoms with Crippen LogP contribution in [0.1, 0.15) is 32.6 Å². The van der Waals surface area contributed by atoms with Gasteiger partial charge in [-0.2, -0.15) is 0 Å². The predicted octanol–water partition coefficient (Wildman–Crippen LogP) is 3.54. The van der Waals surface area contributed by atoms with Crippen LogP contribution in [0, 0.1) is 11.7 Å². The van der Waals surface area contributed by atoms with Crippen LogP contribution in [0.25, 0.3) is 0 Å². The summed E-state index contributed by atoms with van der Waals surface area (Å²) in [5.41, 5.74) is 0.565. The normalized spacial score (nSPS) is 21.8. The number of hydrogen-bond acceptors (Lipinski definition) is 2. The Labute approximate surface area is 125 Å². The lowest BCUT2D eigenvalue weighted by Gasteiger charge is -2.28. The van der Waals surface area contributed by atoms with E-state index in [1.807, 2.05) is 0 Å². The van der Waals surface area contributed by atoms with E-state index in [4.69, 9.17) is 4.74 Å². The van der Waals surface area contributed by atoms with E-state index in [1.54, 1.807) is 0 Å². The SMILES string of the molecule is C[C@H]1CCCC[C@H]1OCCNC(=O)Nc1ccc(F)cc1. The fourth-order valence-corrected chi connectivity index (χ4v) is 2.61. The van der Waals surface area contributed by atoms with Gasteiger partial charge < -0.3 is 15.4 Å². The number of ether oxygens (including phenoxy) is 1. The zero-order valence-electron chi connectivity index (χ0n) is 12.4. The number of carbonyl (C=O) groups is 1. The van der Waals surface area contributed by atoms with Crippen molar-refractivity contribution in [2.75, 3.05) is 18.5 Å². The largest absolute Gasteiger partial charge is 0.376 e. The standard InChI is InChI=1S/C16H23FN2O2/c1-12-4-2-3-5-15(12)21-11-10-18-16(20)19-14-8-6-13(17)7-9-14/h6-9,12,15H,2-5,10-11H2,1H3,(H2,18,19,20)/t12-,15+/m0/s1. The average molecular weight is 294 g/mol. The Bertz CT molecular complexity index is 450. The fraction of sp³-hybridized carbons (Fsp3) is 0.562. The van der Waals surface area contributed by atoms with Crippen molar-refractivity contribution >= 4 is 11.7 Å². The molecule has 0 aromatic heterocycles. The molecule has 1 aromatic carbocycles. The highest BCUT2D eigenvalue weighted by Gasteiger charge is 2.21. The zero-order chi connectivity index (χ0) is 15.1. The molecule has 0 saturated heterocycles. The van der Waals surface area contributed by atoms with Gasteiger partial charge >= 0.3 is 6.03 Å². The predicted molar refractivity (Wildman–Crippen MR) is 80.8 cm³/mol. The molecular weight excluding hydrogens is 271 g/mol. The van der Waals surface area contributed by atoms with E-state index in [9.17, 15) is 9.18 Å². The summed E-state index contributed by atoms with van der Waals surface area (Å²) in [4.78, 5) is 11.6. The first-order valence-electron chi connectivity index (χ1n) is 7.57. The fourth-order valence-electron chi connectivity index (χ4n) is 2.61. The van der Waals surface area contributed by atoms with Gasteiger partial charge in [0.15, 0.2) is 0 Å². The molecule has 1 fully saturated rings. The number of nitrogens with one attached hydrogen (secondary N) is 2. The van der Waals surface area contributed by atoms with E-state index >= 15 is 0 Å². The molecular formula is C16H23FN2O2. The van der Waals surface area contributed by atoms with E-state index in [2.05, 4.69) is 17.6 Å². The Morgan fingerprint density at radius 1 is 1.29 bits per heavy atom. The minimum atomic E-state index is -0.323. The molecule has 1 aliphatic rings. The summed E-state index contributed by atoms with van der Waals surface area (Å²) in [6.07, 6.45) is 5.18. The molecule has 0 radical (unpaired) electrons. The summed E-state index contributed by atoms with van der Waals surface area (Å²) >= 11 is 0. The first kappa shape index (κ1) is 15.8. The van der Waals surface area contributed by atoms with Crippen LogP contribution in [0.5, 0.6) is 0 Å². The Morgan fingerprint density at radius 2 is 2.00 bits per heavy atom. The first-order valence-corrected chi connectivity index (χ1v) is 7.57. The number of amides is 2. The molecule has 5 heteroatoms. The van der Waals surface area contributed by atoms with Gasteiger partial charge in [-0.3, -0.25) is 0 Å².